The molecule has 0 spiro atoms. The fourth-order valence-electron chi connectivity index (χ4n) is 2.64. The van der Waals surface area contributed by atoms with Gasteiger partial charge in [-0.15, -0.1) is 0 Å². The van der Waals surface area contributed by atoms with Gasteiger partial charge in [0, 0.05) is 35.9 Å². The van der Waals surface area contributed by atoms with Gasteiger partial charge in [-0.2, -0.15) is 0 Å². The van der Waals surface area contributed by atoms with Gasteiger partial charge in [0.15, 0.2) is 0 Å². The van der Waals surface area contributed by atoms with E-state index in [4.69, 9.17) is 17.3 Å². The van der Waals surface area contributed by atoms with Crippen LogP contribution in [-0.2, 0) is 7.05 Å². The number of hydrogen-bond acceptors (Lipinski definition) is 2. The van der Waals surface area contributed by atoms with Gasteiger partial charge in [0.25, 0.3) is 0 Å². The molecule has 100 valence electrons. The first-order valence-corrected chi connectivity index (χ1v) is 6.85. The Morgan fingerprint density at radius 3 is 2.68 bits per heavy atom. The molecular weight excluding hydrogens is 260 g/mol. The summed E-state index contributed by atoms with van der Waals surface area (Å²) in [4.78, 5) is 2.38. The second-order valence-corrected chi connectivity index (χ2v) is 5.40. The standard InChI is InChI=1S/C14H18ClN4/c1-17-8-9-19(14(17)15)13-6-7-18(10-13)12-4-2-11(16)3-5-12/h2-5,8-9,13H,6-7,10,16H2,1H3/q+1/t13-/m0/s1. The predicted molar refractivity (Wildman–Crippen MR) is 77.3 cm³/mol. The molecule has 0 unspecified atom stereocenters. The Bertz CT molecular complexity index is 576. The zero-order chi connectivity index (χ0) is 13.4. The maximum atomic E-state index is 6.29. The van der Waals surface area contributed by atoms with Gasteiger partial charge in [-0.3, -0.25) is 0 Å². The van der Waals surface area contributed by atoms with Crippen LogP contribution in [0.1, 0.15) is 12.5 Å². The van der Waals surface area contributed by atoms with Crippen LogP contribution in [0.5, 0.6) is 0 Å². The molecule has 0 amide bonds. The van der Waals surface area contributed by atoms with Crippen molar-refractivity contribution in [2.24, 2.45) is 7.05 Å². The topological polar surface area (TPSA) is 38.1 Å². The Hall–Kier alpha value is -1.68. The van der Waals surface area contributed by atoms with Crippen molar-refractivity contribution in [1.82, 2.24) is 4.57 Å². The number of anilines is 2. The highest BCUT2D eigenvalue weighted by molar-refractivity contribution is 6.27. The van der Waals surface area contributed by atoms with Crippen molar-refractivity contribution in [3.8, 4) is 0 Å². The third kappa shape index (κ3) is 2.28. The molecule has 2 N–H and O–H groups in total. The van der Waals surface area contributed by atoms with E-state index >= 15 is 0 Å². The van der Waals surface area contributed by atoms with Crippen LogP contribution in [0.25, 0.3) is 0 Å². The molecule has 1 atom stereocenters. The maximum absolute atomic E-state index is 6.29. The predicted octanol–water partition coefficient (Wildman–Crippen LogP) is 2.00. The summed E-state index contributed by atoms with van der Waals surface area (Å²) in [5.74, 6) is 0. The molecule has 5 heteroatoms. The molecule has 0 aliphatic carbocycles. The molecule has 0 bridgehead atoms. The fourth-order valence-corrected chi connectivity index (χ4v) is 2.89. The maximum Gasteiger partial charge on any atom is 0.354 e. The molecule has 1 aromatic heterocycles. The molecule has 19 heavy (non-hydrogen) atoms. The third-order valence-electron chi connectivity index (χ3n) is 3.77. The van der Waals surface area contributed by atoms with Gasteiger partial charge in [0.1, 0.15) is 18.4 Å². The SMILES string of the molecule is C[n+]1ccn([C@H]2CCN(c3ccc(N)cc3)C2)c1Cl. The average Bonchev–Trinajstić information content (AvgIpc) is 2.99. The third-order valence-corrected chi connectivity index (χ3v) is 4.23. The van der Waals surface area contributed by atoms with Crippen molar-refractivity contribution in [1.29, 1.82) is 0 Å². The van der Waals surface area contributed by atoms with Gasteiger partial charge in [0.2, 0.25) is 0 Å². The molecule has 0 radical (unpaired) electrons. The summed E-state index contributed by atoms with van der Waals surface area (Å²) in [5.41, 5.74) is 7.76. The minimum absolute atomic E-state index is 0.436. The largest absolute Gasteiger partial charge is 0.399 e. The molecule has 1 saturated heterocycles. The van der Waals surface area contributed by atoms with E-state index in [1.807, 2.05) is 29.9 Å². The second kappa shape index (κ2) is 4.78. The molecule has 1 aromatic carbocycles. The zero-order valence-corrected chi connectivity index (χ0v) is 11.7. The Balaban J connectivity index is 1.77. The summed E-state index contributed by atoms with van der Waals surface area (Å²) in [6.45, 7) is 2.03. The van der Waals surface area contributed by atoms with E-state index in [2.05, 4.69) is 27.8 Å². The van der Waals surface area contributed by atoms with Gasteiger partial charge in [-0.1, -0.05) is 0 Å². The number of nitrogens with two attached hydrogens (primary N) is 1. The molecule has 1 aliphatic heterocycles. The summed E-state index contributed by atoms with van der Waals surface area (Å²) in [6.07, 6.45) is 5.16. The van der Waals surface area contributed by atoms with Crippen LogP contribution in [0.3, 0.4) is 0 Å². The van der Waals surface area contributed by atoms with Gasteiger partial charge < -0.3 is 10.6 Å². The number of benzene rings is 1. The first kappa shape index (κ1) is 12.4. The van der Waals surface area contributed by atoms with Crippen LogP contribution in [0.2, 0.25) is 5.28 Å². The van der Waals surface area contributed by atoms with E-state index in [0.29, 0.717) is 6.04 Å². The van der Waals surface area contributed by atoms with Crippen LogP contribution in [-0.4, -0.2) is 17.7 Å². The van der Waals surface area contributed by atoms with Crippen LogP contribution < -0.4 is 15.2 Å². The highest BCUT2D eigenvalue weighted by atomic mass is 35.5. The Labute approximate surface area is 118 Å². The van der Waals surface area contributed by atoms with Crippen LogP contribution in [0.4, 0.5) is 11.4 Å². The highest BCUT2D eigenvalue weighted by Crippen LogP contribution is 2.28. The Morgan fingerprint density at radius 1 is 1.32 bits per heavy atom. The van der Waals surface area contributed by atoms with Crippen molar-refractivity contribution >= 4 is 23.0 Å². The van der Waals surface area contributed by atoms with Crippen LogP contribution in [0, 0.1) is 0 Å². The highest BCUT2D eigenvalue weighted by Gasteiger charge is 2.30. The number of imidazole rings is 1. The lowest BCUT2D eigenvalue weighted by atomic mass is 10.2. The Morgan fingerprint density at radius 2 is 2.05 bits per heavy atom. The van der Waals surface area contributed by atoms with Gasteiger partial charge >= 0.3 is 5.28 Å². The Kier molecular flexibility index (Phi) is 3.11. The monoisotopic (exact) mass is 277 g/mol. The molecule has 1 aliphatic rings. The molecule has 4 nitrogen and oxygen atoms in total. The van der Waals surface area contributed by atoms with Crippen LogP contribution in [0.15, 0.2) is 36.7 Å². The number of aryl methyl sites for hydroxylation is 1. The normalized spacial score (nSPS) is 19.1. The molecule has 2 heterocycles. The number of nitrogens with zero attached hydrogens (tertiary/aromatic N) is 3. The second-order valence-electron chi connectivity index (χ2n) is 5.07. The van der Waals surface area contributed by atoms with E-state index in [0.717, 1.165) is 30.5 Å². The smallest absolute Gasteiger partial charge is 0.354 e. The minimum Gasteiger partial charge on any atom is -0.399 e. The first-order chi connectivity index (χ1) is 9.15. The average molecular weight is 278 g/mol. The van der Waals surface area contributed by atoms with E-state index in [-0.39, 0.29) is 0 Å². The van der Waals surface area contributed by atoms with Gasteiger partial charge in [-0.25, -0.2) is 9.13 Å². The summed E-state index contributed by atoms with van der Waals surface area (Å²) in [5, 5.41) is 0.782. The van der Waals surface area contributed by atoms with E-state index < -0.39 is 0 Å². The lowest BCUT2D eigenvalue weighted by Crippen LogP contribution is -2.28. The quantitative estimate of drug-likeness (QED) is 0.674. The van der Waals surface area contributed by atoms with Gasteiger partial charge in [0.05, 0.1) is 13.6 Å². The molecule has 2 aromatic rings. The summed E-state index contributed by atoms with van der Waals surface area (Å²) < 4.78 is 4.09. The summed E-state index contributed by atoms with van der Waals surface area (Å²) in [7, 11) is 1.96. The van der Waals surface area contributed by atoms with Gasteiger partial charge in [-0.05, 0) is 24.3 Å². The first-order valence-electron chi connectivity index (χ1n) is 6.47. The van der Waals surface area contributed by atoms with Crippen molar-refractivity contribution < 1.29 is 4.57 Å². The zero-order valence-electron chi connectivity index (χ0n) is 11.0. The van der Waals surface area contributed by atoms with E-state index in [9.17, 15) is 0 Å². The summed E-state index contributed by atoms with van der Waals surface area (Å²) in [6, 6.07) is 8.49. The van der Waals surface area contributed by atoms with Crippen molar-refractivity contribution in [2.45, 2.75) is 12.5 Å². The number of hydrogen-bond donors (Lipinski definition) is 1. The number of rotatable bonds is 2. The molecule has 1 fully saturated rings. The lowest BCUT2D eigenvalue weighted by molar-refractivity contribution is -0.668. The molecular formula is C14H18ClN4+. The number of halogens is 1. The molecule has 3 rings (SSSR count). The van der Waals surface area contributed by atoms with Crippen molar-refractivity contribution in [3.63, 3.8) is 0 Å². The van der Waals surface area contributed by atoms with Crippen molar-refractivity contribution in [3.05, 3.63) is 41.9 Å². The van der Waals surface area contributed by atoms with Crippen LogP contribution >= 0.6 is 11.6 Å². The molecule has 0 saturated carbocycles. The van der Waals surface area contributed by atoms with E-state index in [1.165, 1.54) is 5.69 Å². The fraction of sp³-hybridized carbons (Fsp3) is 0.357. The lowest BCUT2D eigenvalue weighted by Gasteiger charge is -2.17. The number of nitrogen functional groups attached to an aromatic ring is 1. The number of aromatic nitrogens is 2. The summed E-state index contributed by atoms with van der Waals surface area (Å²) >= 11 is 6.29. The minimum atomic E-state index is 0.436. The van der Waals surface area contributed by atoms with E-state index in [1.54, 1.807) is 0 Å². The van der Waals surface area contributed by atoms with Crippen molar-refractivity contribution in [2.75, 3.05) is 23.7 Å².